The SMILES string of the molecule is CCC(C)(NC(=O)Cc1csc(NC(=O)C(C)C)n1)C(=O)OC. The van der Waals surface area contributed by atoms with E-state index in [4.69, 9.17) is 4.74 Å². The standard InChI is InChI=1S/C15H23N3O4S/c1-6-15(4,13(21)22-5)18-11(19)7-10-8-23-14(16-10)17-12(20)9(2)3/h8-9H,6-7H2,1-5H3,(H,18,19)(H,16,17,20). The summed E-state index contributed by atoms with van der Waals surface area (Å²) in [6.45, 7) is 6.98. The minimum absolute atomic E-state index is 0.0284. The highest BCUT2D eigenvalue weighted by molar-refractivity contribution is 7.13. The van der Waals surface area contributed by atoms with Crippen molar-refractivity contribution in [1.29, 1.82) is 0 Å². The molecule has 0 fully saturated rings. The van der Waals surface area contributed by atoms with Crippen LogP contribution in [0.2, 0.25) is 0 Å². The molecular weight excluding hydrogens is 318 g/mol. The lowest BCUT2D eigenvalue weighted by Gasteiger charge is -2.26. The number of amides is 2. The first-order valence-corrected chi connectivity index (χ1v) is 8.24. The Balaban J connectivity index is 2.66. The van der Waals surface area contributed by atoms with E-state index >= 15 is 0 Å². The first-order chi connectivity index (χ1) is 10.7. The molecule has 1 unspecified atom stereocenters. The number of esters is 1. The molecule has 1 heterocycles. The van der Waals surface area contributed by atoms with Gasteiger partial charge in [-0.3, -0.25) is 9.59 Å². The van der Waals surface area contributed by atoms with Crippen molar-refractivity contribution in [2.24, 2.45) is 5.92 Å². The maximum Gasteiger partial charge on any atom is 0.331 e. The van der Waals surface area contributed by atoms with Gasteiger partial charge in [0.15, 0.2) is 5.13 Å². The summed E-state index contributed by atoms with van der Waals surface area (Å²) in [6, 6.07) is 0. The molecule has 0 radical (unpaired) electrons. The van der Waals surface area contributed by atoms with Crippen LogP contribution in [0, 0.1) is 5.92 Å². The highest BCUT2D eigenvalue weighted by Gasteiger charge is 2.34. The van der Waals surface area contributed by atoms with Crippen LogP contribution in [0.5, 0.6) is 0 Å². The fraction of sp³-hybridized carbons (Fsp3) is 0.600. The third-order valence-corrected chi connectivity index (χ3v) is 4.21. The maximum atomic E-state index is 12.1. The lowest BCUT2D eigenvalue weighted by molar-refractivity contribution is -0.150. The normalized spacial score (nSPS) is 13.3. The molecule has 0 aliphatic heterocycles. The molecule has 1 atom stereocenters. The monoisotopic (exact) mass is 341 g/mol. The Kier molecular flexibility index (Phi) is 6.68. The number of carbonyl (C=O) groups excluding carboxylic acids is 3. The Hall–Kier alpha value is -1.96. The largest absolute Gasteiger partial charge is 0.467 e. The van der Waals surface area contributed by atoms with Crippen LogP contribution in [0.3, 0.4) is 0 Å². The number of anilines is 1. The second kappa shape index (κ2) is 8.05. The summed E-state index contributed by atoms with van der Waals surface area (Å²) >= 11 is 1.26. The summed E-state index contributed by atoms with van der Waals surface area (Å²) in [5.41, 5.74) is -0.522. The predicted molar refractivity (Wildman–Crippen MR) is 88.1 cm³/mol. The van der Waals surface area contributed by atoms with Gasteiger partial charge in [-0.05, 0) is 13.3 Å². The molecule has 2 amide bonds. The summed E-state index contributed by atoms with van der Waals surface area (Å²) < 4.78 is 4.71. The number of nitrogens with zero attached hydrogens (tertiary/aromatic N) is 1. The van der Waals surface area contributed by atoms with E-state index in [9.17, 15) is 14.4 Å². The topological polar surface area (TPSA) is 97.4 Å². The maximum absolute atomic E-state index is 12.1. The van der Waals surface area contributed by atoms with Gasteiger partial charge in [-0.2, -0.15) is 0 Å². The molecular formula is C15H23N3O4S. The van der Waals surface area contributed by atoms with Crippen molar-refractivity contribution in [3.05, 3.63) is 11.1 Å². The lowest BCUT2D eigenvalue weighted by atomic mass is 9.99. The molecule has 2 N–H and O–H groups in total. The van der Waals surface area contributed by atoms with Crippen molar-refractivity contribution >= 4 is 34.3 Å². The highest BCUT2D eigenvalue weighted by atomic mass is 32.1. The van der Waals surface area contributed by atoms with E-state index in [0.29, 0.717) is 17.2 Å². The van der Waals surface area contributed by atoms with Gasteiger partial charge in [-0.15, -0.1) is 11.3 Å². The van der Waals surface area contributed by atoms with Gasteiger partial charge in [0.1, 0.15) is 5.54 Å². The molecule has 0 aromatic carbocycles. The van der Waals surface area contributed by atoms with Crippen LogP contribution in [0.4, 0.5) is 5.13 Å². The van der Waals surface area contributed by atoms with Gasteiger partial charge in [0.05, 0.1) is 19.2 Å². The molecule has 0 spiro atoms. The second-order valence-corrected chi connectivity index (χ2v) is 6.55. The molecule has 1 rings (SSSR count). The first-order valence-electron chi connectivity index (χ1n) is 7.36. The van der Waals surface area contributed by atoms with Gasteiger partial charge in [0.2, 0.25) is 11.8 Å². The van der Waals surface area contributed by atoms with Gasteiger partial charge in [-0.25, -0.2) is 9.78 Å². The van der Waals surface area contributed by atoms with Gasteiger partial charge in [0.25, 0.3) is 0 Å². The van der Waals surface area contributed by atoms with Gasteiger partial charge >= 0.3 is 5.97 Å². The lowest BCUT2D eigenvalue weighted by Crippen LogP contribution is -2.52. The zero-order chi connectivity index (χ0) is 17.6. The van der Waals surface area contributed by atoms with Crippen molar-refractivity contribution < 1.29 is 19.1 Å². The summed E-state index contributed by atoms with van der Waals surface area (Å²) in [5.74, 6) is -1.08. The summed E-state index contributed by atoms with van der Waals surface area (Å²) in [6.07, 6.45) is 0.443. The molecule has 128 valence electrons. The number of carbonyl (C=O) groups is 3. The van der Waals surface area contributed by atoms with Crippen molar-refractivity contribution in [1.82, 2.24) is 10.3 Å². The quantitative estimate of drug-likeness (QED) is 0.736. The Bertz CT molecular complexity index is 585. The van der Waals surface area contributed by atoms with Crippen molar-refractivity contribution in [3.63, 3.8) is 0 Å². The Morgan fingerprint density at radius 2 is 2.04 bits per heavy atom. The number of hydrogen-bond donors (Lipinski definition) is 2. The number of nitrogens with one attached hydrogen (secondary N) is 2. The van der Waals surface area contributed by atoms with Gasteiger partial charge < -0.3 is 15.4 Å². The molecule has 7 nitrogen and oxygen atoms in total. The van der Waals surface area contributed by atoms with Gasteiger partial charge in [-0.1, -0.05) is 20.8 Å². The molecule has 8 heteroatoms. The number of thiazole rings is 1. The van der Waals surface area contributed by atoms with E-state index in [1.165, 1.54) is 18.4 Å². The van der Waals surface area contributed by atoms with Crippen molar-refractivity contribution in [2.45, 2.75) is 46.1 Å². The number of aromatic nitrogens is 1. The molecule has 0 saturated carbocycles. The second-order valence-electron chi connectivity index (χ2n) is 5.69. The van der Waals surface area contributed by atoms with Crippen LogP contribution in [-0.4, -0.2) is 35.4 Å². The van der Waals surface area contributed by atoms with E-state index in [-0.39, 0.29) is 24.2 Å². The first kappa shape index (κ1) is 19.1. The molecule has 1 aromatic rings. The minimum atomic E-state index is -1.06. The number of methoxy groups -OCH3 is 1. The smallest absolute Gasteiger partial charge is 0.331 e. The zero-order valence-corrected chi connectivity index (χ0v) is 14.9. The van der Waals surface area contributed by atoms with Crippen LogP contribution in [0.15, 0.2) is 5.38 Å². The molecule has 0 saturated heterocycles. The van der Waals surface area contributed by atoms with E-state index < -0.39 is 11.5 Å². The number of ether oxygens (including phenoxy) is 1. The third-order valence-electron chi connectivity index (χ3n) is 3.41. The van der Waals surface area contributed by atoms with Crippen LogP contribution in [-0.2, 0) is 25.5 Å². The van der Waals surface area contributed by atoms with Crippen LogP contribution < -0.4 is 10.6 Å². The molecule has 0 bridgehead atoms. The van der Waals surface area contributed by atoms with Crippen LogP contribution in [0.1, 0.15) is 39.8 Å². The molecule has 23 heavy (non-hydrogen) atoms. The van der Waals surface area contributed by atoms with Crippen LogP contribution >= 0.6 is 11.3 Å². The Labute approximate surface area is 139 Å². The fourth-order valence-corrected chi connectivity index (χ4v) is 2.43. The Morgan fingerprint density at radius 3 is 2.57 bits per heavy atom. The Morgan fingerprint density at radius 1 is 1.39 bits per heavy atom. The summed E-state index contributed by atoms with van der Waals surface area (Å²) in [7, 11) is 1.28. The average molecular weight is 341 g/mol. The van der Waals surface area contributed by atoms with Gasteiger partial charge in [0, 0.05) is 11.3 Å². The van der Waals surface area contributed by atoms with Crippen LogP contribution in [0.25, 0.3) is 0 Å². The molecule has 0 aliphatic carbocycles. The van der Waals surface area contributed by atoms with Crippen molar-refractivity contribution in [2.75, 3.05) is 12.4 Å². The minimum Gasteiger partial charge on any atom is -0.467 e. The highest BCUT2D eigenvalue weighted by Crippen LogP contribution is 2.17. The zero-order valence-electron chi connectivity index (χ0n) is 14.1. The van der Waals surface area contributed by atoms with E-state index in [1.807, 2.05) is 0 Å². The fourth-order valence-electron chi connectivity index (χ4n) is 1.72. The average Bonchev–Trinajstić information content (AvgIpc) is 2.92. The molecule has 0 aliphatic rings. The van der Waals surface area contributed by atoms with Crippen molar-refractivity contribution in [3.8, 4) is 0 Å². The summed E-state index contributed by atoms with van der Waals surface area (Å²) in [5, 5.41) is 7.52. The third kappa shape index (κ3) is 5.31. The van der Waals surface area contributed by atoms with E-state index in [0.717, 1.165) is 0 Å². The summed E-state index contributed by atoms with van der Waals surface area (Å²) in [4.78, 5) is 39.7. The predicted octanol–water partition coefficient (Wildman–Crippen LogP) is 1.74. The van der Waals surface area contributed by atoms with E-state index in [1.54, 1.807) is 33.1 Å². The molecule has 1 aromatic heterocycles. The van der Waals surface area contributed by atoms with E-state index in [2.05, 4.69) is 15.6 Å². The number of hydrogen-bond acceptors (Lipinski definition) is 6. The number of rotatable bonds is 7.